The highest BCUT2D eigenvalue weighted by atomic mass is 16.5. The summed E-state index contributed by atoms with van der Waals surface area (Å²) in [6.45, 7) is 13.4. The third-order valence-electron chi connectivity index (χ3n) is 11.6. The van der Waals surface area contributed by atoms with Crippen molar-refractivity contribution in [3.05, 3.63) is 11.1 Å². The van der Waals surface area contributed by atoms with Crippen molar-refractivity contribution in [2.45, 2.75) is 99.5 Å². The molecule has 7 nitrogen and oxygen atoms in total. The van der Waals surface area contributed by atoms with Crippen LogP contribution in [0.4, 0.5) is 0 Å². The van der Waals surface area contributed by atoms with E-state index in [0.717, 1.165) is 0 Å². The molecular weight excluding hydrogens is 484 g/mol. The number of ether oxygens (including phenoxy) is 1. The molecule has 0 radical (unpaired) electrons. The van der Waals surface area contributed by atoms with Gasteiger partial charge >= 0.3 is 5.97 Å². The third kappa shape index (κ3) is 3.82. The molecule has 1 N–H and O–H groups in total. The van der Waals surface area contributed by atoms with Crippen LogP contribution in [-0.2, 0) is 28.7 Å². The molecule has 8 atom stereocenters. The fraction of sp³-hybridized carbons (Fsp3) is 0.774. The Balaban J connectivity index is 1.72. The summed E-state index contributed by atoms with van der Waals surface area (Å²) in [5.41, 5.74) is -1.88. The maximum atomic E-state index is 14.1. The minimum absolute atomic E-state index is 0.0531. The quantitative estimate of drug-likeness (QED) is 0.507. The number of aliphatic hydroxyl groups is 1. The fourth-order valence-electron chi connectivity index (χ4n) is 9.12. The molecule has 0 amide bonds. The summed E-state index contributed by atoms with van der Waals surface area (Å²) in [5.74, 6) is -1.59. The number of ketones is 4. The highest BCUT2D eigenvalue weighted by Crippen LogP contribution is 2.70. The van der Waals surface area contributed by atoms with E-state index < -0.39 is 39.7 Å². The van der Waals surface area contributed by atoms with Crippen molar-refractivity contribution in [3.63, 3.8) is 0 Å². The lowest BCUT2D eigenvalue weighted by Gasteiger charge is -2.59. The van der Waals surface area contributed by atoms with Crippen LogP contribution >= 0.6 is 0 Å². The van der Waals surface area contributed by atoms with Gasteiger partial charge in [-0.15, -0.1) is 0 Å². The second kappa shape index (κ2) is 9.21. The molecule has 0 unspecified atom stereocenters. The zero-order chi connectivity index (χ0) is 28.6. The van der Waals surface area contributed by atoms with Gasteiger partial charge in [-0.05, 0) is 36.0 Å². The summed E-state index contributed by atoms with van der Waals surface area (Å²) in [6.07, 6.45) is 1.19. The van der Waals surface area contributed by atoms with Gasteiger partial charge in [0, 0.05) is 59.5 Å². The van der Waals surface area contributed by atoms with Crippen LogP contribution in [0.1, 0.15) is 93.4 Å². The van der Waals surface area contributed by atoms with Crippen LogP contribution in [0.3, 0.4) is 0 Å². The SMILES string of the molecule is COC(=O)[C@H](C)CC(=O)C[C@@H](C)[C@H]1C[C@H](O)[C@@]2(C)C3=C(C(=O)C[C@]12C)[C@@]1(C)CCC(=O)C(C)(C)[C@@H]1CC3=O. The summed E-state index contributed by atoms with van der Waals surface area (Å²) in [7, 11) is 1.30. The predicted molar refractivity (Wildman–Crippen MR) is 141 cm³/mol. The Labute approximate surface area is 226 Å². The van der Waals surface area contributed by atoms with Gasteiger partial charge in [0.15, 0.2) is 11.6 Å². The summed E-state index contributed by atoms with van der Waals surface area (Å²) >= 11 is 0. The molecule has 4 aliphatic carbocycles. The number of hydrogen-bond donors (Lipinski definition) is 1. The van der Waals surface area contributed by atoms with Crippen LogP contribution in [0.25, 0.3) is 0 Å². The number of carbonyl (C=O) groups is 5. The fourth-order valence-corrected chi connectivity index (χ4v) is 9.12. The summed E-state index contributed by atoms with van der Waals surface area (Å²) in [6, 6.07) is 0. The van der Waals surface area contributed by atoms with Crippen molar-refractivity contribution in [2.75, 3.05) is 7.11 Å². The standard InChI is InChI=1S/C31H44O7/c1-16(11-18(32)12-17(2)27(37)38-8)19-13-24(36)31(7)26-20(33)14-22-28(3,4)23(35)9-10-29(22,5)25(26)21(34)15-30(19,31)6/h16-17,19,22,24,36H,9-15H2,1-8H3/t16-,17-,19-,22+,24+,29+,30-,31+/m1/s1. The minimum atomic E-state index is -0.922. The van der Waals surface area contributed by atoms with Gasteiger partial charge in [-0.1, -0.05) is 48.5 Å². The monoisotopic (exact) mass is 528 g/mol. The molecule has 0 aromatic rings. The van der Waals surface area contributed by atoms with Crippen molar-refractivity contribution in [2.24, 2.45) is 45.3 Å². The molecule has 0 aromatic heterocycles. The van der Waals surface area contributed by atoms with Crippen LogP contribution in [0.15, 0.2) is 11.1 Å². The second-order valence-electron chi connectivity index (χ2n) is 13.9. The Morgan fingerprint density at radius 1 is 1.00 bits per heavy atom. The Bertz CT molecular complexity index is 1130. The molecule has 0 aromatic carbocycles. The molecule has 0 saturated heterocycles. The topological polar surface area (TPSA) is 115 Å². The average Bonchev–Trinajstić information content (AvgIpc) is 3.03. The third-order valence-corrected chi connectivity index (χ3v) is 11.6. The van der Waals surface area contributed by atoms with Gasteiger partial charge in [-0.3, -0.25) is 24.0 Å². The van der Waals surface area contributed by atoms with Gasteiger partial charge in [0.2, 0.25) is 0 Å². The smallest absolute Gasteiger partial charge is 0.308 e. The first kappa shape index (κ1) is 28.8. The summed E-state index contributed by atoms with van der Waals surface area (Å²) in [4.78, 5) is 65.5. The van der Waals surface area contributed by atoms with E-state index >= 15 is 0 Å². The van der Waals surface area contributed by atoms with Crippen molar-refractivity contribution < 1.29 is 33.8 Å². The van der Waals surface area contributed by atoms with Gasteiger partial charge in [-0.25, -0.2) is 0 Å². The Kier molecular flexibility index (Phi) is 6.99. The predicted octanol–water partition coefficient (Wildman–Crippen LogP) is 4.43. The highest BCUT2D eigenvalue weighted by molar-refractivity contribution is 6.12. The van der Waals surface area contributed by atoms with E-state index in [9.17, 15) is 29.1 Å². The molecule has 7 heteroatoms. The number of carbonyl (C=O) groups excluding carboxylic acids is 5. The molecular formula is C31H44O7. The van der Waals surface area contributed by atoms with Gasteiger partial charge in [-0.2, -0.15) is 0 Å². The maximum Gasteiger partial charge on any atom is 0.308 e. The number of rotatable bonds is 6. The number of allylic oxidation sites excluding steroid dienone is 1. The molecule has 2 saturated carbocycles. The van der Waals surface area contributed by atoms with Crippen LogP contribution in [0, 0.1) is 45.3 Å². The van der Waals surface area contributed by atoms with E-state index in [-0.39, 0.29) is 66.6 Å². The van der Waals surface area contributed by atoms with Crippen LogP contribution in [0.2, 0.25) is 0 Å². The Morgan fingerprint density at radius 2 is 1.63 bits per heavy atom. The molecule has 0 bridgehead atoms. The zero-order valence-electron chi connectivity index (χ0n) is 24.2. The summed E-state index contributed by atoms with van der Waals surface area (Å²) < 4.78 is 4.75. The van der Waals surface area contributed by atoms with E-state index in [1.165, 1.54) is 7.11 Å². The minimum Gasteiger partial charge on any atom is -0.469 e. The average molecular weight is 529 g/mol. The lowest BCUT2D eigenvalue weighted by molar-refractivity contribution is -0.147. The lowest BCUT2D eigenvalue weighted by Crippen LogP contribution is -2.59. The number of esters is 1. The van der Waals surface area contributed by atoms with Crippen LogP contribution < -0.4 is 0 Å². The number of methoxy groups -OCH3 is 1. The highest BCUT2D eigenvalue weighted by Gasteiger charge is 2.70. The molecule has 38 heavy (non-hydrogen) atoms. The van der Waals surface area contributed by atoms with E-state index in [0.29, 0.717) is 30.4 Å². The van der Waals surface area contributed by atoms with Crippen LogP contribution in [-0.4, -0.2) is 47.4 Å². The van der Waals surface area contributed by atoms with Crippen molar-refractivity contribution in [1.29, 1.82) is 0 Å². The normalized spacial score (nSPS) is 39.7. The first-order chi connectivity index (χ1) is 17.5. The van der Waals surface area contributed by atoms with Crippen molar-refractivity contribution in [3.8, 4) is 0 Å². The van der Waals surface area contributed by atoms with E-state index in [4.69, 9.17) is 4.74 Å². The van der Waals surface area contributed by atoms with Crippen molar-refractivity contribution >= 4 is 29.1 Å². The van der Waals surface area contributed by atoms with E-state index in [1.807, 2.05) is 41.5 Å². The number of aliphatic hydroxyl groups excluding tert-OH is 1. The molecule has 4 rings (SSSR count). The molecule has 0 spiro atoms. The molecule has 0 heterocycles. The largest absolute Gasteiger partial charge is 0.469 e. The summed E-state index contributed by atoms with van der Waals surface area (Å²) in [5, 5.41) is 11.6. The Hall–Kier alpha value is -2.15. The van der Waals surface area contributed by atoms with Gasteiger partial charge in [0.05, 0.1) is 19.1 Å². The Morgan fingerprint density at radius 3 is 2.24 bits per heavy atom. The molecule has 210 valence electrons. The van der Waals surface area contributed by atoms with E-state index in [2.05, 4.69) is 0 Å². The maximum absolute atomic E-state index is 14.1. The van der Waals surface area contributed by atoms with Gasteiger partial charge in [0.1, 0.15) is 11.6 Å². The second-order valence-corrected chi connectivity index (χ2v) is 13.9. The molecule has 2 fully saturated rings. The number of hydrogen-bond acceptors (Lipinski definition) is 7. The molecule has 0 aliphatic heterocycles. The van der Waals surface area contributed by atoms with Gasteiger partial charge < -0.3 is 9.84 Å². The molecule has 4 aliphatic rings. The van der Waals surface area contributed by atoms with E-state index in [1.54, 1.807) is 6.92 Å². The van der Waals surface area contributed by atoms with Gasteiger partial charge in [0.25, 0.3) is 0 Å². The van der Waals surface area contributed by atoms with Crippen molar-refractivity contribution in [1.82, 2.24) is 0 Å². The van der Waals surface area contributed by atoms with Crippen LogP contribution in [0.5, 0.6) is 0 Å². The number of fused-ring (bicyclic) bond motifs is 4. The first-order valence-electron chi connectivity index (χ1n) is 14.1. The first-order valence-corrected chi connectivity index (χ1v) is 14.1. The zero-order valence-corrected chi connectivity index (χ0v) is 24.2. The lowest BCUT2D eigenvalue weighted by atomic mass is 9.42. The number of Topliss-reactive ketones (excluding diaryl/α,β-unsaturated/α-hetero) is 4.